The quantitative estimate of drug-likeness (QED) is 0.606. The molecule has 0 bridgehead atoms. The third kappa shape index (κ3) is 4.08. The first-order valence-electron chi connectivity index (χ1n) is 8.19. The van der Waals surface area contributed by atoms with E-state index < -0.39 is 23.1 Å². The average molecular weight is 403 g/mol. The molecule has 3 N–H and O–H groups in total. The molecule has 1 heterocycles. The third-order valence-corrected chi connectivity index (χ3v) is 5.85. The predicted octanol–water partition coefficient (Wildman–Crippen LogP) is 4.73. The van der Waals surface area contributed by atoms with Crippen LogP contribution >= 0.6 is 11.0 Å². The fourth-order valence-corrected chi connectivity index (χ4v) is 4.74. The van der Waals surface area contributed by atoms with E-state index in [1.54, 1.807) is 31.3 Å². The Kier molecular flexibility index (Phi) is 5.43. The van der Waals surface area contributed by atoms with Gasteiger partial charge in [-0.1, -0.05) is 18.2 Å². The summed E-state index contributed by atoms with van der Waals surface area (Å²) in [6.45, 7) is 1.05. The summed E-state index contributed by atoms with van der Waals surface area (Å²) in [7, 11) is -1.68. The van der Waals surface area contributed by atoms with Crippen molar-refractivity contribution in [3.05, 3.63) is 48.5 Å². The zero-order valence-electron chi connectivity index (χ0n) is 14.5. The first kappa shape index (κ1) is 19.6. The minimum Gasteiger partial charge on any atom is -0.406 e. The molecular weight excluding hydrogens is 383 g/mol. The average Bonchev–Trinajstić information content (AvgIpc) is 2.80. The number of halogens is 3. The van der Waals surface area contributed by atoms with Crippen molar-refractivity contribution in [2.24, 2.45) is 0 Å². The van der Waals surface area contributed by atoms with Crippen LogP contribution in [-0.2, 0) is 0 Å². The summed E-state index contributed by atoms with van der Waals surface area (Å²) in [6, 6.07) is 12.1. The monoisotopic (exact) mass is 403 g/mol. The molecule has 0 amide bonds. The molecule has 10 heteroatoms. The van der Waals surface area contributed by atoms with Crippen molar-refractivity contribution in [3.8, 4) is 5.75 Å². The smallest absolute Gasteiger partial charge is 0.406 e. The maximum absolute atomic E-state index is 12.5. The molecule has 2 aromatic carbocycles. The van der Waals surface area contributed by atoms with Crippen LogP contribution in [0.4, 0.5) is 30.2 Å². The van der Waals surface area contributed by atoms with Crippen molar-refractivity contribution >= 4 is 28.0 Å². The molecule has 6 nitrogen and oxygen atoms in total. The highest BCUT2D eigenvalue weighted by molar-refractivity contribution is 8.27. The summed E-state index contributed by atoms with van der Waals surface area (Å²) in [5.41, 5.74) is 1.31. The van der Waals surface area contributed by atoms with Crippen molar-refractivity contribution in [1.29, 1.82) is 0 Å². The number of nitrogens with zero attached hydrogens (tertiary/aromatic N) is 2. The van der Waals surface area contributed by atoms with E-state index in [1.165, 1.54) is 20.7 Å². The maximum Gasteiger partial charge on any atom is 0.573 e. The van der Waals surface area contributed by atoms with Gasteiger partial charge in [-0.3, -0.25) is 13.4 Å². The second-order valence-electron chi connectivity index (χ2n) is 5.88. The molecule has 0 unspecified atom stereocenters. The second-order valence-corrected chi connectivity index (χ2v) is 7.66. The summed E-state index contributed by atoms with van der Waals surface area (Å²) in [4.78, 5) is 0. The van der Waals surface area contributed by atoms with Gasteiger partial charge < -0.3 is 10.1 Å². The minimum atomic E-state index is -4.83. The van der Waals surface area contributed by atoms with Crippen LogP contribution in [0.3, 0.4) is 0 Å². The molecule has 0 radical (unpaired) electrons. The van der Waals surface area contributed by atoms with E-state index in [0.29, 0.717) is 30.9 Å². The number of alkyl halides is 3. The number of anilines is 3. The van der Waals surface area contributed by atoms with Crippen LogP contribution in [0.5, 0.6) is 5.75 Å². The Balaban J connectivity index is 1.99. The maximum atomic E-state index is 12.5. The molecule has 0 aromatic heterocycles. The lowest BCUT2D eigenvalue weighted by Crippen LogP contribution is -2.32. The van der Waals surface area contributed by atoms with E-state index in [1.807, 2.05) is 0 Å². The Morgan fingerprint density at radius 2 is 1.78 bits per heavy atom. The van der Waals surface area contributed by atoms with Gasteiger partial charge >= 0.3 is 6.36 Å². The molecule has 0 atom stereocenters. The Labute approximate surface area is 156 Å². The van der Waals surface area contributed by atoms with E-state index in [9.17, 15) is 22.3 Å². The van der Waals surface area contributed by atoms with Crippen LogP contribution in [0, 0.1) is 0 Å². The van der Waals surface area contributed by atoms with Gasteiger partial charge in [0.15, 0.2) is 0 Å². The summed E-state index contributed by atoms with van der Waals surface area (Å²) >= 11 is 0. The van der Waals surface area contributed by atoms with Gasteiger partial charge in [0.1, 0.15) is 5.75 Å². The van der Waals surface area contributed by atoms with Gasteiger partial charge in [-0.05, 0) is 55.2 Å². The predicted molar refractivity (Wildman–Crippen MR) is 100 cm³/mol. The molecule has 0 saturated carbocycles. The van der Waals surface area contributed by atoms with Gasteiger partial charge in [0.2, 0.25) is 0 Å². The SMILES string of the molecule is CNCCCN1c2ccccc2N(c2cccc(OC(F)(F)F)c2)S1(O)O. The second kappa shape index (κ2) is 7.47. The zero-order chi connectivity index (χ0) is 19.7. The molecular formula is C17H20F3N3O3S. The third-order valence-electron chi connectivity index (χ3n) is 3.98. The molecule has 1 aliphatic heterocycles. The highest BCUT2D eigenvalue weighted by Gasteiger charge is 2.41. The summed E-state index contributed by atoms with van der Waals surface area (Å²) in [6.07, 6.45) is -4.17. The minimum absolute atomic E-state index is 0.195. The molecule has 0 saturated heterocycles. The fourth-order valence-electron chi connectivity index (χ4n) is 2.94. The number of benzene rings is 2. The molecule has 1 aliphatic rings. The van der Waals surface area contributed by atoms with Crippen molar-refractivity contribution in [2.45, 2.75) is 12.8 Å². The number of nitrogens with one attached hydrogen (secondary N) is 1. The Bertz CT molecular complexity index is 804. The molecule has 27 heavy (non-hydrogen) atoms. The Hall–Kier alpha value is -2.14. The fraction of sp³-hybridized carbons (Fsp3) is 0.294. The summed E-state index contributed by atoms with van der Waals surface area (Å²) < 4.78 is 66.1. The number of fused-ring (bicyclic) bond motifs is 1. The van der Waals surface area contributed by atoms with Crippen LogP contribution < -0.4 is 18.7 Å². The normalized spacial score (nSPS) is 17.0. The lowest BCUT2D eigenvalue weighted by molar-refractivity contribution is -0.274. The Morgan fingerprint density at radius 1 is 1.07 bits per heavy atom. The van der Waals surface area contributed by atoms with Crippen molar-refractivity contribution in [3.63, 3.8) is 0 Å². The molecule has 148 valence electrons. The Morgan fingerprint density at radius 3 is 2.44 bits per heavy atom. The van der Waals surface area contributed by atoms with E-state index >= 15 is 0 Å². The van der Waals surface area contributed by atoms with E-state index in [-0.39, 0.29) is 5.69 Å². The van der Waals surface area contributed by atoms with Crippen molar-refractivity contribution in [2.75, 3.05) is 28.7 Å². The summed E-state index contributed by atoms with van der Waals surface area (Å²) in [5, 5.41) is 3.00. The number of para-hydroxylation sites is 2. The zero-order valence-corrected chi connectivity index (χ0v) is 15.3. The van der Waals surface area contributed by atoms with E-state index in [4.69, 9.17) is 0 Å². The molecule has 3 rings (SSSR count). The highest BCUT2D eigenvalue weighted by atomic mass is 32.3. The van der Waals surface area contributed by atoms with Gasteiger partial charge in [0.05, 0.1) is 17.1 Å². The highest BCUT2D eigenvalue weighted by Crippen LogP contribution is 2.64. The number of ether oxygens (including phenoxy) is 1. The number of hydrogen-bond acceptors (Lipinski definition) is 6. The molecule has 2 aromatic rings. The van der Waals surface area contributed by atoms with Gasteiger partial charge in [-0.2, -0.15) is 0 Å². The van der Waals surface area contributed by atoms with Gasteiger partial charge in [0, 0.05) is 12.6 Å². The van der Waals surface area contributed by atoms with Gasteiger partial charge in [0.25, 0.3) is 0 Å². The topological polar surface area (TPSA) is 68.2 Å². The molecule has 0 spiro atoms. The van der Waals surface area contributed by atoms with Crippen molar-refractivity contribution < 1.29 is 27.0 Å². The van der Waals surface area contributed by atoms with Crippen LogP contribution in [0.1, 0.15) is 6.42 Å². The molecule has 0 aliphatic carbocycles. The standard InChI is InChI=1S/C17H20F3N3O3S/c1-21-10-5-11-22-15-8-2-3-9-16(15)23(27(22,24)25)13-6-4-7-14(12-13)26-17(18,19)20/h2-4,6-9,12,21,24-25H,5,10-11H2,1H3. The van der Waals surface area contributed by atoms with Crippen LogP contribution in [0.25, 0.3) is 0 Å². The van der Waals surface area contributed by atoms with Gasteiger partial charge in [-0.25, -0.2) is 4.31 Å². The van der Waals surface area contributed by atoms with Crippen LogP contribution in [0.2, 0.25) is 0 Å². The number of rotatable bonds is 6. The van der Waals surface area contributed by atoms with Gasteiger partial charge in [-0.15, -0.1) is 13.2 Å². The van der Waals surface area contributed by atoms with Crippen LogP contribution in [-0.4, -0.2) is 35.6 Å². The first-order valence-corrected chi connectivity index (χ1v) is 9.66. The van der Waals surface area contributed by atoms with Crippen molar-refractivity contribution in [1.82, 2.24) is 5.32 Å². The first-order chi connectivity index (χ1) is 12.7. The van der Waals surface area contributed by atoms with E-state index in [2.05, 4.69) is 10.1 Å². The molecule has 0 fully saturated rings. The van der Waals surface area contributed by atoms with Crippen LogP contribution in [0.15, 0.2) is 48.5 Å². The summed E-state index contributed by atoms with van der Waals surface area (Å²) in [5.74, 6) is -0.429. The number of hydrogen-bond donors (Lipinski definition) is 3. The van der Waals surface area contributed by atoms with E-state index in [0.717, 1.165) is 12.1 Å². The largest absolute Gasteiger partial charge is 0.573 e. The lowest BCUT2D eigenvalue weighted by atomic mass is 10.2. The lowest BCUT2D eigenvalue weighted by Gasteiger charge is -2.43.